The first-order valence-corrected chi connectivity index (χ1v) is 18.6. The number of hydrogen-bond acceptors (Lipinski definition) is 3. The van der Waals surface area contributed by atoms with E-state index in [0.717, 1.165) is 25.2 Å². The Hall–Kier alpha value is -1.57. The van der Waals surface area contributed by atoms with E-state index in [2.05, 4.69) is 134 Å². The van der Waals surface area contributed by atoms with Crippen molar-refractivity contribution in [2.24, 2.45) is 0 Å². The van der Waals surface area contributed by atoms with Crippen LogP contribution in [0.2, 0.25) is 36.3 Å². The molecule has 0 aromatic heterocycles. The predicted octanol–water partition coefficient (Wildman–Crippen LogP) is 9.40. The van der Waals surface area contributed by atoms with Crippen LogP contribution in [0.3, 0.4) is 0 Å². The largest absolute Gasteiger partial charge is 0.544 e. The Bertz CT molecular complexity index is 881. The van der Waals surface area contributed by atoms with Crippen LogP contribution in [0.15, 0.2) is 54.6 Å². The molecule has 0 saturated carbocycles. The molecule has 0 radical (unpaired) electrons. The quantitative estimate of drug-likeness (QED) is 0.240. The molecule has 0 amide bonds. The van der Waals surface area contributed by atoms with Gasteiger partial charge in [-0.05, 0) is 92.4 Å². The lowest BCUT2D eigenvalue weighted by atomic mass is 10.1. The minimum Gasteiger partial charge on any atom is -0.544 e. The number of nitrogens with zero attached hydrogens (tertiary/aromatic N) is 1. The average Bonchev–Trinajstić information content (AvgIpc) is 2.71. The van der Waals surface area contributed by atoms with Crippen molar-refractivity contribution < 1.29 is 8.85 Å². The van der Waals surface area contributed by atoms with Crippen molar-refractivity contribution in [2.75, 3.05) is 11.5 Å². The Balaban J connectivity index is 2.15. The predicted molar refractivity (Wildman–Crippen MR) is 155 cm³/mol. The Morgan fingerprint density at radius 1 is 0.735 bits per heavy atom. The lowest BCUT2D eigenvalue weighted by Gasteiger charge is -2.37. The van der Waals surface area contributed by atoms with E-state index in [1.165, 1.54) is 11.4 Å². The zero-order valence-corrected chi connectivity index (χ0v) is 25.7. The highest BCUT2D eigenvalue weighted by molar-refractivity contribution is 6.75. The minimum absolute atomic E-state index is 0.183. The first-order valence-electron chi connectivity index (χ1n) is 12.8. The van der Waals surface area contributed by atoms with Gasteiger partial charge in [-0.2, -0.15) is 0 Å². The highest BCUT2D eigenvalue weighted by Gasteiger charge is 2.39. The molecule has 3 nitrogen and oxygen atoms in total. The molecule has 0 spiro atoms. The summed E-state index contributed by atoms with van der Waals surface area (Å²) in [6.45, 7) is 26.2. The first-order chi connectivity index (χ1) is 15.6. The van der Waals surface area contributed by atoms with Crippen LogP contribution in [0, 0.1) is 0 Å². The maximum atomic E-state index is 6.51. The molecule has 0 aliphatic heterocycles. The maximum Gasteiger partial charge on any atom is 0.250 e. The van der Waals surface area contributed by atoms with Crippen LogP contribution in [0.25, 0.3) is 0 Å². The van der Waals surface area contributed by atoms with E-state index in [1.54, 1.807) is 0 Å². The van der Waals surface area contributed by atoms with E-state index >= 15 is 0 Å². The third kappa shape index (κ3) is 7.46. The third-order valence-electron chi connectivity index (χ3n) is 7.80. The zero-order valence-electron chi connectivity index (χ0n) is 23.7. The summed E-state index contributed by atoms with van der Waals surface area (Å²) in [4.78, 5) is 2.45. The summed E-state index contributed by atoms with van der Waals surface area (Å²) in [5.41, 5.74) is 2.42. The molecule has 2 aromatic carbocycles. The van der Waals surface area contributed by atoms with Crippen molar-refractivity contribution in [2.45, 2.75) is 104 Å². The van der Waals surface area contributed by atoms with Gasteiger partial charge in [-0.25, -0.2) is 0 Å². The summed E-state index contributed by atoms with van der Waals surface area (Å²) in [6.07, 6.45) is 2.13. The van der Waals surface area contributed by atoms with Crippen LogP contribution in [-0.4, -0.2) is 29.3 Å². The molecule has 0 heterocycles. The summed E-state index contributed by atoms with van der Waals surface area (Å²) in [5.74, 6) is 0.971. The Morgan fingerprint density at radius 3 is 1.74 bits per heavy atom. The van der Waals surface area contributed by atoms with Crippen LogP contribution in [0.4, 0.5) is 11.4 Å². The molecule has 0 aliphatic rings. The van der Waals surface area contributed by atoms with Gasteiger partial charge in [-0.1, -0.05) is 59.7 Å². The van der Waals surface area contributed by atoms with E-state index in [4.69, 9.17) is 8.85 Å². The molecule has 0 aliphatic carbocycles. The van der Waals surface area contributed by atoms with Crippen LogP contribution >= 0.6 is 0 Å². The SMILES string of the molecule is CC(CCCO[Si](C)(C)C(C)(C)C)N(c1ccccc1)c1ccc(O[Si](C)(C)C(C)(C)C)cc1. The summed E-state index contributed by atoms with van der Waals surface area (Å²) in [5, 5.41) is 0.436. The molecule has 1 unspecified atom stereocenters. The highest BCUT2D eigenvalue weighted by Crippen LogP contribution is 2.39. The van der Waals surface area contributed by atoms with Crippen LogP contribution in [-0.2, 0) is 4.43 Å². The molecule has 2 rings (SSSR count). The number of anilines is 2. The van der Waals surface area contributed by atoms with E-state index in [-0.39, 0.29) is 10.1 Å². The standard InChI is InChI=1S/C29H49NO2Si2/c1-24(16-15-23-31-33(8,9)28(2,3)4)30(25-17-13-12-14-18-25)26-19-21-27(22-20-26)32-34(10,11)29(5,6)7/h12-14,17-22,24H,15-16,23H2,1-11H3. The van der Waals surface area contributed by atoms with Gasteiger partial charge < -0.3 is 13.8 Å². The fourth-order valence-electron chi connectivity index (χ4n) is 3.42. The van der Waals surface area contributed by atoms with Crippen LogP contribution in [0.1, 0.15) is 61.3 Å². The van der Waals surface area contributed by atoms with Gasteiger partial charge in [0.2, 0.25) is 8.32 Å². The molecule has 1 atom stereocenters. The first kappa shape index (κ1) is 28.7. The van der Waals surface area contributed by atoms with Crippen molar-refractivity contribution in [3.8, 4) is 5.75 Å². The summed E-state index contributed by atoms with van der Waals surface area (Å²) >= 11 is 0. The second-order valence-corrected chi connectivity index (χ2v) is 22.2. The lowest BCUT2D eigenvalue weighted by Crippen LogP contribution is -2.43. The summed E-state index contributed by atoms with van der Waals surface area (Å²) < 4.78 is 12.9. The van der Waals surface area contributed by atoms with E-state index in [1.807, 2.05) is 0 Å². The van der Waals surface area contributed by atoms with Crippen LogP contribution in [0.5, 0.6) is 5.75 Å². The molecule has 0 N–H and O–H groups in total. The van der Waals surface area contributed by atoms with E-state index < -0.39 is 16.6 Å². The number of para-hydroxylation sites is 1. The van der Waals surface area contributed by atoms with Gasteiger partial charge >= 0.3 is 0 Å². The van der Waals surface area contributed by atoms with Crippen molar-refractivity contribution in [1.29, 1.82) is 0 Å². The fraction of sp³-hybridized carbons (Fsp3) is 0.586. The summed E-state index contributed by atoms with van der Waals surface area (Å²) in [6, 6.07) is 19.8. The maximum absolute atomic E-state index is 6.51. The van der Waals surface area contributed by atoms with Crippen molar-refractivity contribution in [3.05, 3.63) is 54.6 Å². The smallest absolute Gasteiger partial charge is 0.250 e. The van der Waals surface area contributed by atoms with Gasteiger partial charge in [-0.15, -0.1) is 0 Å². The van der Waals surface area contributed by atoms with Crippen molar-refractivity contribution >= 4 is 28.0 Å². The summed E-state index contributed by atoms with van der Waals surface area (Å²) in [7, 11) is -3.55. The topological polar surface area (TPSA) is 21.7 Å². The molecule has 5 heteroatoms. The molecule has 34 heavy (non-hydrogen) atoms. The van der Waals surface area contributed by atoms with Gasteiger partial charge in [0.1, 0.15) is 5.75 Å². The molecule has 2 aromatic rings. The number of benzene rings is 2. The lowest BCUT2D eigenvalue weighted by molar-refractivity contribution is 0.276. The molecular weight excluding hydrogens is 450 g/mol. The minimum atomic E-state index is -1.85. The second-order valence-electron chi connectivity index (χ2n) is 12.7. The highest BCUT2D eigenvalue weighted by atomic mass is 28.4. The van der Waals surface area contributed by atoms with E-state index in [0.29, 0.717) is 6.04 Å². The molecular formula is C29H49NO2Si2. The Morgan fingerprint density at radius 2 is 1.24 bits per heavy atom. The fourth-order valence-corrected chi connectivity index (χ4v) is 5.54. The van der Waals surface area contributed by atoms with Crippen molar-refractivity contribution in [1.82, 2.24) is 0 Å². The second kappa shape index (κ2) is 11.0. The van der Waals surface area contributed by atoms with Gasteiger partial charge in [0.25, 0.3) is 0 Å². The van der Waals surface area contributed by atoms with Gasteiger partial charge in [0.05, 0.1) is 0 Å². The van der Waals surface area contributed by atoms with Gasteiger partial charge in [0, 0.05) is 24.0 Å². The van der Waals surface area contributed by atoms with Gasteiger partial charge in [-0.3, -0.25) is 0 Å². The Labute approximate surface area is 212 Å². The molecule has 0 saturated heterocycles. The van der Waals surface area contributed by atoms with Gasteiger partial charge in [0.15, 0.2) is 8.32 Å². The normalized spacial score (nSPS) is 14.1. The molecule has 0 fully saturated rings. The number of hydrogen-bond donors (Lipinski definition) is 0. The molecule has 190 valence electrons. The Kier molecular flexibility index (Phi) is 9.28. The van der Waals surface area contributed by atoms with E-state index in [9.17, 15) is 0 Å². The van der Waals surface area contributed by atoms with Crippen molar-refractivity contribution in [3.63, 3.8) is 0 Å². The third-order valence-corrected chi connectivity index (χ3v) is 16.7. The monoisotopic (exact) mass is 499 g/mol. The average molecular weight is 500 g/mol. The zero-order chi connectivity index (χ0) is 25.8. The molecule has 0 bridgehead atoms. The van der Waals surface area contributed by atoms with Crippen LogP contribution < -0.4 is 9.33 Å². The number of rotatable bonds is 10.